The van der Waals surface area contributed by atoms with E-state index in [2.05, 4.69) is 4.98 Å². The lowest BCUT2D eigenvalue weighted by Gasteiger charge is -2.07. The lowest BCUT2D eigenvalue weighted by atomic mass is 10.2. The zero-order chi connectivity index (χ0) is 12.8. The molecule has 0 bridgehead atoms. The summed E-state index contributed by atoms with van der Waals surface area (Å²) in [6, 6.07) is 7.50. The minimum absolute atomic E-state index is 0.404. The smallest absolute Gasteiger partial charge is 0.119 e. The summed E-state index contributed by atoms with van der Waals surface area (Å²) >= 11 is 4.89. The third kappa shape index (κ3) is 3.56. The van der Waals surface area contributed by atoms with Gasteiger partial charge >= 0.3 is 0 Å². The quantitative estimate of drug-likeness (QED) is 0.638. The number of aryl methyl sites for hydroxylation is 1. The van der Waals surface area contributed by atoms with Gasteiger partial charge in [-0.05, 0) is 30.7 Å². The monoisotopic (exact) mass is 261 g/mol. The van der Waals surface area contributed by atoms with E-state index in [4.69, 9.17) is 22.7 Å². The number of rotatable bonds is 6. The summed E-state index contributed by atoms with van der Waals surface area (Å²) in [6.45, 7) is 1.58. The topological polar surface area (TPSA) is 53.1 Å². The Labute approximate surface area is 111 Å². The van der Waals surface area contributed by atoms with Crippen molar-refractivity contribution in [2.24, 2.45) is 5.73 Å². The zero-order valence-corrected chi connectivity index (χ0v) is 10.8. The summed E-state index contributed by atoms with van der Waals surface area (Å²) in [6.07, 6.45) is 6.46. The number of aromatic nitrogens is 2. The normalized spacial score (nSPS) is 10.2. The molecule has 0 spiro atoms. The summed E-state index contributed by atoms with van der Waals surface area (Å²) in [5.74, 6) is 0.834. The van der Waals surface area contributed by atoms with Crippen LogP contribution in [0.1, 0.15) is 12.0 Å². The van der Waals surface area contributed by atoms with Gasteiger partial charge in [0.25, 0.3) is 0 Å². The average Bonchev–Trinajstić information content (AvgIpc) is 2.88. The summed E-state index contributed by atoms with van der Waals surface area (Å²) in [4.78, 5) is 4.39. The van der Waals surface area contributed by atoms with Crippen molar-refractivity contribution in [1.82, 2.24) is 9.55 Å². The molecule has 0 aliphatic carbocycles. The van der Waals surface area contributed by atoms with Crippen LogP contribution < -0.4 is 10.5 Å². The largest absolute Gasteiger partial charge is 0.494 e. The van der Waals surface area contributed by atoms with E-state index in [1.807, 2.05) is 35.0 Å². The molecule has 0 atom stereocenters. The van der Waals surface area contributed by atoms with Gasteiger partial charge in [-0.1, -0.05) is 12.2 Å². The number of ether oxygens (including phenoxy) is 1. The summed E-state index contributed by atoms with van der Waals surface area (Å²) in [5.41, 5.74) is 6.38. The van der Waals surface area contributed by atoms with Crippen molar-refractivity contribution in [2.45, 2.75) is 13.0 Å². The van der Waals surface area contributed by atoms with E-state index in [9.17, 15) is 0 Å². The lowest BCUT2D eigenvalue weighted by Crippen LogP contribution is -2.09. The molecule has 0 amide bonds. The van der Waals surface area contributed by atoms with E-state index < -0.39 is 0 Å². The van der Waals surface area contributed by atoms with Crippen LogP contribution in [0.2, 0.25) is 0 Å². The molecule has 1 aromatic heterocycles. The van der Waals surface area contributed by atoms with Crippen molar-refractivity contribution in [3.05, 3.63) is 48.5 Å². The number of benzene rings is 1. The van der Waals surface area contributed by atoms with Crippen molar-refractivity contribution in [3.63, 3.8) is 0 Å². The standard InChI is InChI=1S/C13H15N3OS/c14-13(18)11-2-4-12(5-3-11)17-9-1-7-16-8-6-15-10-16/h2-6,8,10H,1,7,9H2,(H2,14,18). The molecule has 0 aliphatic heterocycles. The Morgan fingerprint density at radius 3 is 2.72 bits per heavy atom. The minimum Gasteiger partial charge on any atom is -0.494 e. The molecule has 2 aromatic rings. The SMILES string of the molecule is NC(=S)c1ccc(OCCCn2ccnc2)cc1. The van der Waals surface area contributed by atoms with Gasteiger partial charge in [0.2, 0.25) is 0 Å². The van der Waals surface area contributed by atoms with Gasteiger partial charge in [-0.15, -0.1) is 0 Å². The van der Waals surface area contributed by atoms with Gasteiger partial charge in [0.15, 0.2) is 0 Å². The van der Waals surface area contributed by atoms with E-state index in [1.165, 1.54) is 0 Å². The van der Waals surface area contributed by atoms with Crippen LogP contribution in [0.5, 0.6) is 5.75 Å². The third-order valence-electron chi connectivity index (χ3n) is 2.53. The Morgan fingerprint density at radius 1 is 1.33 bits per heavy atom. The van der Waals surface area contributed by atoms with Gasteiger partial charge in [-0.2, -0.15) is 0 Å². The van der Waals surface area contributed by atoms with Crippen molar-refractivity contribution < 1.29 is 4.74 Å². The van der Waals surface area contributed by atoms with Crippen LogP contribution >= 0.6 is 12.2 Å². The Bertz CT molecular complexity index is 493. The van der Waals surface area contributed by atoms with Crippen LogP contribution in [-0.2, 0) is 6.54 Å². The average molecular weight is 261 g/mol. The number of nitrogens with zero attached hydrogens (tertiary/aromatic N) is 2. The number of thiocarbonyl (C=S) groups is 1. The van der Waals surface area contributed by atoms with E-state index >= 15 is 0 Å². The molecular weight excluding hydrogens is 246 g/mol. The van der Waals surface area contributed by atoms with Crippen molar-refractivity contribution in [3.8, 4) is 5.75 Å². The van der Waals surface area contributed by atoms with Gasteiger partial charge in [-0.3, -0.25) is 0 Å². The molecule has 2 N–H and O–H groups in total. The van der Waals surface area contributed by atoms with E-state index in [1.54, 1.807) is 12.5 Å². The Morgan fingerprint density at radius 2 is 2.11 bits per heavy atom. The minimum atomic E-state index is 0.404. The maximum Gasteiger partial charge on any atom is 0.119 e. The molecule has 0 unspecified atom stereocenters. The number of nitrogens with two attached hydrogens (primary N) is 1. The second kappa shape index (κ2) is 6.16. The van der Waals surface area contributed by atoms with Crippen LogP contribution in [0, 0.1) is 0 Å². The summed E-state index contributed by atoms with van der Waals surface area (Å²) in [7, 11) is 0. The van der Waals surface area contributed by atoms with Crippen LogP contribution in [0.3, 0.4) is 0 Å². The predicted molar refractivity (Wildman–Crippen MR) is 74.7 cm³/mol. The number of hydrogen-bond donors (Lipinski definition) is 1. The first-order chi connectivity index (χ1) is 8.75. The fourth-order valence-electron chi connectivity index (χ4n) is 1.57. The van der Waals surface area contributed by atoms with Crippen molar-refractivity contribution >= 4 is 17.2 Å². The van der Waals surface area contributed by atoms with Gasteiger partial charge < -0.3 is 15.0 Å². The second-order valence-electron chi connectivity index (χ2n) is 3.89. The first kappa shape index (κ1) is 12.6. The second-order valence-corrected chi connectivity index (χ2v) is 4.33. The Hall–Kier alpha value is -1.88. The van der Waals surface area contributed by atoms with Crippen molar-refractivity contribution in [2.75, 3.05) is 6.61 Å². The lowest BCUT2D eigenvalue weighted by molar-refractivity contribution is 0.302. The first-order valence-electron chi connectivity index (χ1n) is 5.74. The molecule has 18 heavy (non-hydrogen) atoms. The van der Waals surface area contributed by atoms with Gasteiger partial charge in [-0.25, -0.2) is 4.98 Å². The molecule has 5 heteroatoms. The van der Waals surface area contributed by atoms with Crippen molar-refractivity contribution in [1.29, 1.82) is 0 Å². The van der Waals surface area contributed by atoms with Crippen LogP contribution in [0.4, 0.5) is 0 Å². The maximum absolute atomic E-state index is 5.62. The molecular formula is C13H15N3OS. The van der Waals surface area contributed by atoms with Crippen LogP contribution in [-0.4, -0.2) is 21.1 Å². The number of hydrogen-bond acceptors (Lipinski definition) is 3. The van der Waals surface area contributed by atoms with Gasteiger partial charge in [0, 0.05) is 24.5 Å². The summed E-state index contributed by atoms with van der Waals surface area (Å²) < 4.78 is 7.65. The molecule has 94 valence electrons. The summed E-state index contributed by atoms with van der Waals surface area (Å²) in [5, 5.41) is 0. The van der Waals surface area contributed by atoms with Gasteiger partial charge in [0.1, 0.15) is 10.7 Å². The van der Waals surface area contributed by atoms with E-state index in [0.29, 0.717) is 11.6 Å². The molecule has 1 heterocycles. The molecule has 1 aromatic carbocycles. The molecule has 0 fully saturated rings. The fraction of sp³-hybridized carbons (Fsp3) is 0.231. The fourth-order valence-corrected chi connectivity index (χ4v) is 1.71. The maximum atomic E-state index is 5.62. The molecule has 0 saturated heterocycles. The van der Waals surface area contributed by atoms with Crippen LogP contribution in [0.15, 0.2) is 43.0 Å². The Balaban J connectivity index is 1.75. The Kier molecular flexibility index (Phi) is 4.30. The van der Waals surface area contributed by atoms with Gasteiger partial charge in [0.05, 0.1) is 12.9 Å². The highest BCUT2D eigenvalue weighted by Crippen LogP contribution is 2.12. The van der Waals surface area contributed by atoms with E-state index in [-0.39, 0.29) is 0 Å². The predicted octanol–water partition coefficient (Wildman–Crippen LogP) is 1.99. The molecule has 0 aliphatic rings. The highest BCUT2D eigenvalue weighted by Gasteiger charge is 1.97. The van der Waals surface area contributed by atoms with Crippen LogP contribution in [0.25, 0.3) is 0 Å². The van der Waals surface area contributed by atoms with E-state index in [0.717, 1.165) is 24.3 Å². The molecule has 0 radical (unpaired) electrons. The molecule has 0 saturated carbocycles. The molecule has 2 rings (SSSR count). The molecule has 4 nitrogen and oxygen atoms in total. The number of imidazole rings is 1. The highest BCUT2D eigenvalue weighted by atomic mass is 32.1. The first-order valence-corrected chi connectivity index (χ1v) is 6.15. The third-order valence-corrected chi connectivity index (χ3v) is 2.76. The zero-order valence-electron chi connectivity index (χ0n) is 9.95. The highest BCUT2D eigenvalue weighted by molar-refractivity contribution is 7.80.